The van der Waals surface area contributed by atoms with E-state index in [9.17, 15) is 0 Å². The molecule has 4 aromatic rings. The minimum absolute atomic E-state index is 0.00808. The molecule has 12 heteroatoms. The van der Waals surface area contributed by atoms with Gasteiger partial charge in [-0.25, -0.2) is 19.4 Å². The van der Waals surface area contributed by atoms with Crippen molar-refractivity contribution in [1.29, 1.82) is 0 Å². The van der Waals surface area contributed by atoms with Crippen molar-refractivity contribution < 1.29 is 13.9 Å². The van der Waals surface area contributed by atoms with Crippen molar-refractivity contribution in [1.82, 2.24) is 19.6 Å². The van der Waals surface area contributed by atoms with Crippen molar-refractivity contribution in [3.05, 3.63) is 72.1 Å². The van der Waals surface area contributed by atoms with Gasteiger partial charge in [-0.05, 0) is 44.2 Å². The minimum Gasteiger partial charge on any atom is -0.462 e. The first-order chi connectivity index (χ1) is 17.3. The standard InChI is InChI=1S/C24H22FN9O2/c1-23(2)10-35-22(32-23)31-15-4-5-18-16(8-15)24(26,29-11-27-18)14-3-6-19(17(25)7-14)36-21-9-20-33-30-13-34(20)12-28-21/h3-9,11-13H,10,26H2,1-2H3,(H,27,29)(H,31,32). The molecule has 0 saturated heterocycles. The molecule has 0 radical (unpaired) electrons. The molecule has 0 aliphatic carbocycles. The number of benzene rings is 2. The van der Waals surface area contributed by atoms with E-state index in [1.54, 1.807) is 16.5 Å². The first-order valence-corrected chi connectivity index (χ1v) is 11.2. The number of amidine groups is 1. The Morgan fingerprint density at radius 2 is 2.06 bits per heavy atom. The molecule has 0 fully saturated rings. The Hall–Kier alpha value is -4.58. The number of halogens is 1. The van der Waals surface area contributed by atoms with Crippen LogP contribution in [0.3, 0.4) is 0 Å². The number of anilines is 2. The lowest BCUT2D eigenvalue weighted by Gasteiger charge is -2.32. The molecular formula is C24H22FN9O2. The van der Waals surface area contributed by atoms with Gasteiger partial charge in [0.25, 0.3) is 6.02 Å². The summed E-state index contributed by atoms with van der Waals surface area (Å²) in [7, 11) is 0. The minimum atomic E-state index is -1.34. The molecule has 1 atom stereocenters. The van der Waals surface area contributed by atoms with Crippen LogP contribution < -0.4 is 21.1 Å². The Kier molecular flexibility index (Phi) is 4.86. The quantitative estimate of drug-likeness (QED) is 0.399. The van der Waals surface area contributed by atoms with Gasteiger partial charge in [0.1, 0.15) is 19.3 Å². The molecule has 36 heavy (non-hydrogen) atoms. The maximum Gasteiger partial charge on any atom is 0.289 e. The number of aromatic nitrogens is 4. The lowest BCUT2D eigenvalue weighted by molar-refractivity contribution is 0.278. The second-order valence-electron chi connectivity index (χ2n) is 9.14. The van der Waals surface area contributed by atoms with Crippen molar-refractivity contribution >= 4 is 29.4 Å². The number of rotatable bonds is 4. The fourth-order valence-electron chi connectivity index (χ4n) is 4.04. The highest BCUT2D eigenvalue weighted by Gasteiger charge is 2.35. The summed E-state index contributed by atoms with van der Waals surface area (Å²) in [5, 5.41) is 14.0. The van der Waals surface area contributed by atoms with E-state index in [1.165, 1.54) is 31.1 Å². The van der Waals surface area contributed by atoms with Crippen LogP contribution in [0.2, 0.25) is 0 Å². The molecule has 0 saturated carbocycles. The summed E-state index contributed by atoms with van der Waals surface area (Å²) in [4.78, 5) is 13.1. The number of aliphatic imine (C=N–C) groups is 2. The predicted octanol–water partition coefficient (Wildman–Crippen LogP) is 3.25. The molecule has 1 unspecified atom stereocenters. The van der Waals surface area contributed by atoms with Gasteiger partial charge in [-0.1, -0.05) is 6.07 Å². The number of hydrogen-bond acceptors (Lipinski definition) is 10. The summed E-state index contributed by atoms with van der Waals surface area (Å²) < 4.78 is 28.1. The molecule has 0 amide bonds. The lowest BCUT2D eigenvalue weighted by atomic mass is 9.89. The third-order valence-corrected chi connectivity index (χ3v) is 5.89. The average Bonchev–Trinajstić information content (AvgIpc) is 3.46. The van der Waals surface area contributed by atoms with Crippen molar-refractivity contribution in [3.63, 3.8) is 0 Å². The Morgan fingerprint density at radius 3 is 2.86 bits per heavy atom. The van der Waals surface area contributed by atoms with Crippen molar-refractivity contribution in [2.24, 2.45) is 15.7 Å². The van der Waals surface area contributed by atoms with Gasteiger partial charge in [0.15, 0.2) is 22.9 Å². The first-order valence-electron chi connectivity index (χ1n) is 11.2. The molecule has 2 aliphatic rings. The van der Waals surface area contributed by atoms with E-state index < -0.39 is 11.5 Å². The first kappa shape index (κ1) is 21.9. The van der Waals surface area contributed by atoms with Crippen LogP contribution in [0.5, 0.6) is 11.6 Å². The summed E-state index contributed by atoms with van der Waals surface area (Å²) in [6.45, 7) is 4.47. The SMILES string of the molecule is CC1(C)COC(Nc2ccc3c(c2)C(N)(c2ccc(Oc4cc5nncn5cn4)c(F)c2)N=CN3)=N1. The van der Waals surface area contributed by atoms with Gasteiger partial charge in [0.05, 0.1) is 11.9 Å². The molecular weight excluding hydrogens is 465 g/mol. The van der Waals surface area contributed by atoms with Gasteiger partial charge in [-0.2, -0.15) is 0 Å². The maximum absolute atomic E-state index is 15.2. The average molecular weight is 487 g/mol. The number of nitrogens with zero attached hydrogens (tertiary/aromatic N) is 6. The topological polar surface area (TPSA) is 136 Å². The predicted molar refractivity (Wildman–Crippen MR) is 132 cm³/mol. The normalized spacial score (nSPS) is 19.8. The van der Waals surface area contributed by atoms with Gasteiger partial charge >= 0.3 is 0 Å². The monoisotopic (exact) mass is 487 g/mol. The third kappa shape index (κ3) is 3.86. The smallest absolute Gasteiger partial charge is 0.289 e. The van der Waals surface area contributed by atoms with E-state index >= 15 is 4.39 Å². The van der Waals surface area contributed by atoms with Crippen LogP contribution in [0.15, 0.2) is 65.1 Å². The maximum atomic E-state index is 15.2. The number of ether oxygens (including phenoxy) is 2. The Balaban J connectivity index is 1.30. The molecule has 2 aromatic carbocycles. The van der Waals surface area contributed by atoms with Crippen molar-refractivity contribution in [3.8, 4) is 11.6 Å². The summed E-state index contributed by atoms with van der Waals surface area (Å²) in [5.41, 5.74) is 8.23. The number of fused-ring (bicyclic) bond motifs is 2. The summed E-state index contributed by atoms with van der Waals surface area (Å²) in [5.74, 6) is -0.432. The van der Waals surface area contributed by atoms with Gasteiger partial charge < -0.3 is 20.1 Å². The number of nitrogens with two attached hydrogens (primary N) is 1. The van der Waals surface area contributed by atoms with Crippen molar-refractivity contribution in [2.75, 3.05) is 17.2 Å². The van der Waals surface area contributed by atoms with Crippen LogP contribution in [0, 0.1) is 5.82 Å². The molecule has 4 heterocycles. The van der Waals surface area contributed by atoms with Crippen LogP contribution in [0.4, 0.5) is 15.8 Å². The van der Waals surface area contributed by atoms with Gasteiger partial charge in [-0.3, -0.25) is 10.1 Å². The highest BCUT2D eigenvalue weighted by molar-refractivity contribution is 5.92. The summed E-state index contributed by atoms with van der Waals surface area (Å²) >= 11 is 0. The van der Waals surface area contributed by atoms with Crippen LogP contribution in [0.25, 0.3) is 5.65 Å². The molecule has 2 aromatic heterocycles. The van der Waals surface area contributed by atoms with Crippen LogP contribution in [-0.4, -0.2) is 44.1 Å². The molecule has 182 valence electrons. The molecule has 0 spiro atoms. The zero-order chi connectivity index (χ0) is 24.9. The van der Waals surface area contributed by atoms with E-state index in [4.69, 9.17) is 15.2 Å². The van der Waals surface area contributed by atoms with Crippen LogP contribution >= 0.6 is 0 Å². The van der Waals surface area contributed by atoms with Gasteiger partial charge in [0.2, 0.25) is 5.88 Å². The van der Waals surface area contributed by atoms with Gasteiger partial charge in [-0.15, -0.1) is 10.2 Å². The molecule has 0 bridgehead atoms. The largest absolute Gasteiger partial charge is 0.462 e. The van der Waals surface area contributed by atoms with E-state index in [1.807, 2.05) is 32.0 Å². The highest BCUT2D eigenvalue weighted by atomic mass is 19.1. The fourth-order valence-corrected chi connectivity index (χ4v) is 4.04. The van der Waals surface area contributed by atoms with Crippen LogP contribution in [-0.2, 0) is 10.4 Å². The Morgan fingerprint density at radius 1 is 1.17 bits per heavy atom. The lowest BCUT2D eigenvalue weighted by Crippen LogP contribution is -2.39. The fraction of sp³-hybridized carbons (Fsp3) is 0.208. The van der Waals surface area contributed by atoms with E-state index in [0.717, 1.165) is 5.69 Å². The van der Waals surface area contributed by atoms with Crippen LogP contribution in [0.1, 0.15) is 25.0 Å². The summed E-state index contributed by atoms with van der Waals surface area (Å²) in [6, 6.07) is 12.1. The number of nitrogens with one attached hydrogen (secondary N) is 2. The molecule has 6 rings (SSSR count). The second-order valence-corrected chi connectivity index (χ2v) is 9.14. The molecule has 4 N–H and O–H groups in total. The van der Waals surface area contributed by atoms with E-state index in [0.29, 0.717) is 35.1 Å². The van der Waals surface area contributed by atoms with E-state index in [-0.39, 0.29) is 17.2 Å². The van der Waals surface area contributed by atoms with Crippen molar-refractivity contribution in [2.45, 2.75) is 25.0 Å². The highest BCUT2D eigenvalue weighted by Crippen LogP contribution is 2.39. The molecule has 2 aliphatic heterocycles. The Bertz CT molecular complexity index is 1550. The van der Waals surface area contributed by atoms with E-state index in [2.05, 4.69) is 35.8 Å². The zero-order valence-corrected chi connectivity index (χ0v) is 19.4. The zero-order valence-electron chi connectivity index (χ0n) is 19.4. The third-order valence-electron chi connectivity index (χ3n) is 5.89. The summed E-state index contributed by atoms with van der Waals surface area (Å²) in [6.07, 6.45) is 4.50. The molecule has 11 nitrogen and oxygen atoms in total. The Labute approximate surface area is 204 Å². The second kappa shape index (κ2) is 7.99. The van der Waals surface area contributed by atoms with Gasteiger partial charge in [0, 0.05) is 28.6 Å². The number of hydrogen-bond donors (Lipinski definition) is 3.